The SMILES string of the molecule is Cc1cccc(F)c1NC(=O)c1cc2c(s1)-c1ccccc1N(C(=O)c1cccc(-n3nnc4ncccc43)n1)CC2. The first-order chi connectivity index (χ1) is 20.5. The van der Waals surface area contributed by atoms with E-state index in [1.165, 1.54) is 17.4 Å². The van der Waals surface area contributed by atoms with Crippen LogP contribution in [0.2, 0.25) is 0 Å². The summed E-state index contributed by atoms with van der Waals surface area (Å²) in [6.07, 6.45) is 2.17. The van der Waals surface area contributed by atoms with Crippen LogP contribution in [0.25, 0.3) is 27.4 Å². The number of rotatable bonds is 4. The molecule has 0 unspecified atom stereocenters. The molecule has 9 nitrogen and oxygen atoms in total. The van der Waals surface area contributed by atoms with Crippen LogP contribution in [-0.2, 0) is 6.42 Å². The van der Waals surface area contributed by atoms with Crippen molar-refractivity contribution in [1.29, 1.82) is 0 Å². The third-order valence-corrected chi connectivity index (χ3v) is 8.39. The Bertz CT molecular complexity index is 2000. The minimum absolute atomic E-state index is 0.174. The molecule has 0 fully saturated rings. The van der Waals surface area contributed by atoms with E-state index < -0.39 is 5.82 Å². The number of hydrogen-bond acceptors (Lipinski definition) is 7. The molecule has 0 saturated heterocycles. The highest BCUT2D eigenvalue weighted by Gasteiger charge is 2.28. The summed E-state index contributed by atoms with van der Waals surface area (Å²) in [7, 11) is 0. The van der Waals surface area contributed by atoms with Gasteiger partial charge in [-0.2, -0.15) is 4.68 Å². The number of aryl methyl sites for hydroxylation is 1. The highest BCUT2D eigenvalue weighted by Crippen LogP contribution is 2.42. The second-order valence-electron chi connectivity index (χ2n) is 9.80. The van der Waals surface area contributed by atoms with Gasteiger partial charge in [0.15, 0.2) is 5.82 Å². The molecule has 6 aromatic rings. The van der Waals surface area contributed by atoms with Crippen LogP contribution in [0.1, 0.15) is 31.3 Å². The molecule has 5 heterocycles. The first kappa shape index (κ1) is 25.7. The summed E-state index contributed by atoms with van der Waals surface area (Å²) in [5.41, 5.74) is 4.77. The lowest BCUT2D eigenvalue weighted by Gasteiger charge is -2.22. The van der Waals surface area contributed by atoms with Gasteiger partial charge >= 0.3 is 0 Å². The Morgan fingerprint density at radius 1 is 1.00 bits per heavy atom. The zero-order chi connectivity index (χ0) is 28.8. The molecule has 0 bridgehead atoms. The molecule has 1 N–H and O–H groups in total. The normalized spacial score (nSPS) is 12.5. The van der Waals surface area contributed by atoms with E-state index in [9.17, 15) is 14.0 Å². The number of nitrogens with zero attached hydrogens (tertiary/aromatic N) is 6. The number of nitrogens with one attached hydrogen (secondary N) is 1. The van der Waals surface area contributed by atoms with Crippen molar-refractivity contribution in [3.8, 4) is 16.3 Å². The summed E-state index contributed by atoms with van der Waals surface area (Å²) in [6.45, 7) is 2.13. The van der Waals surface area contributed by atoms with Gasteiger partial charge < -0.3 is 10.2 Å². The molecule has 0 radical (unpaired) electrons. The number of carbonyl (C=O) groups is 2. The van der Waals surface area contributed by atoms with Crippen LogP contribution in [-0.4, -0.2) is 43.3 Å². The van der Waals surface area contributed by atoms with Gasteiger partial charge in [0.05, 0.1) is 16.3 Å². The van der Waals surface area contributed by atoms with Crippen molar-refractivity contribution in [1.82, 2.24) is 25.0 Å². The number of carbonyl (C=O) groups excluding carboxylic acids is 2. The molecule has 0 aliphatic carbocycles. The summed E-state index contributed by atoms with van der Waals surface area (Å²) < 4.78 is 15.9. The minimum Gasteiger partial charge on any atom is -0.319 e. The van der Waals surface area contributed by atoms with Crippen LogP contribution in [0.5, 0.6) is 0 Å². The molecule has 0 saturated carbocycles. The highest BCUT2D eigenvalue weighted by molar-refractivity contribution is 7.17. The predicted octanol–water partition coefficient (Wildman–Crippen LogP) is 5.84. The Balaban J connectivity index is 1.21. The number of hydrogen-bond donors (Lipinski definition) is 1. The molecular formula is C31H22FN7O2S. The first-order valence-corrected chi connectivity index (χ1v) is 14.0. The standard InChI is InChI=1S/C31H22FN7O2S/c1-18-7-4-9-21(32)27(18)35-30(40)25-17-19-14-16-38(23-11-3-2-8-20(23)28(19)42-25)31(41)22-10-5-13-26(34-22)39-24-12-6-15-33-29(24)36-37-39/h2-13,15,17H,14,16H2,1H3,(H,35,40). The number of pyridine rings is 2. The number of aromatic nitrogens is 5. The van der Waals surface area contributed by atoms with Crippen molar-refractivity contribution in [3.05, 3.63) is 113 Å². The maximum absolute atomic E-state index is 14.4. The van der Waals surface area contributed by atoms with Crippen LogP contribution in [0.3, 0.4) is 0 Å². The Morgan fingerprint density at radius 2 is 1.86 bits per heavy atom. The number of benzene rings is 2. The molecule has 0 atom stereocenters. The van der Waals surface area contributed by atoms with Gasteiger partial charge in [-0.05, 0) is 66.9 Å². The minimum atomic E-state index is -0.479. The van der Waals surface area contributed by atoms with Gasteiger partial charge in [-0.3, -0.25) is 9.59 Å². The van der Waals surface area contributed by atoms with Crippen LogP contribution in [0.15, 0.2) is 85.1 Å². The number of amides is 2. The van der Waals surface area contributed by atoms with Gasteiger partial charge in [-0.1, -0.05) is 41.6 Å². The maximum atomic E-state index is 14.4. The monoisotopic (exact) mass is 575 g/mol. The lowest BCUT2D eigenvalue weighted by atomic mass is 10.1. The summed E-state index contributed by atoms with van der Waals surface area (Å²) in [5, 5.41) is 11.0. The van der Waals surface area contributed by atoms with Crippen molar-refractivity contribution < 1.29 is 14.0 Å². The van der Waals surface area contributed by atoms with Crippen molar-refractivity contribution in [2.24, 2.45) is 0 Å². The molecule has 42 heavy (non-hydrogen) atoms. The largest absolute Gasteiger partial charge is 0.319 e. The smallest absolute Gasteiger partial charge is 0.276 e. The average Bonchev–Trinajstić information content (AvgIpc) is 3.61. The van der Waals surface area contributed by atoms with Crippen LogP contribution in [0, 0.1) is 12.7 Å². The topological polar surface area (TPSA) is 106 Å². The van der Waals surface area contributed by atoms with E-state index >= 15 is 0 Å². The fraction of sp³-hybridized carbons (Fsp3) is 0.0968. The molecule has 206 valence electrons. The third kappa shape index (κ3) is 4.40. The summed E-state index contributed by atoms with van der Waals surface area (Å²) in [6, 6.07) is 23.0. The number of anilines is 2. The van der Waals surface area contributed by atoms with Crippen LogP contribution >= 0.6 is 11.3 Å². The van der Waals surface area contributed by atoms with E-state index in [2.05, 4.69) is 25.6 Å². The van der Waals surface area contributed by atoms with E-state index in [-0.39, 0.29) is 23.2 Å². The van der Waals surface area contributed by atoms with Gasteiger partial charge in [0.1, 0.15) is 17.0 Å². The summed E-state index contributed by atoms with van der Waals surface area (Å²) in [4.78, 5) is 39.0. The molecule has 2 amide bonds. The number of fused-ring (bicyclic) bond motifs is 4. The zero-order valence-electron chi connectivity index (χ0n) is 22.3. The molecule has 7 rings (SSSR count). The zero-order valence-corrected chi connectivity index (χ0v) is 23.1. The number of para-hydroxylation sites is 2. The molecule has 1 aliphatic heterocycles. The van der Waals surface area contributed by atoms with E-state index in [0.29, 0.717) is 40.4 Å². The number of thiophene rings is 1. The average molecular weight is 576 g/mol. The molecule has 4 aromatic heterocycles. The van der Waals surface area contributed by atoms with E-state index in [4.69, 9.17) is 0 Å². The summed E-state index contributed by atoms with van der Waals surface area (Å²) in [5.74, 6) is -0.648. The molecule has 2 aromatic carbocycles. The quantitative estimate of drug-likeness (QED) is 0.283. The Hall–Kier alpha value is -5.29. The Kier molecular flexibility index (Phi) is 6.28. The number of halogens is 1. The lowest BCUT2D eigenvalue weighted by Crippen LogP contribution is -2.33. The first-order valence-electron chi connectivity index (χ1n) is 13.2. The molecule has 1 aliphatic rings. The second kappa shape index (κ2) is 10.3. The van der Waals surface area contributed by atoms with Crippen molar-refractivity contribution >= 4 is 45.7 Å². The van der Waals surface area contributed by atoms with Gasteiger partial charge in [0.25, 0.3) is 11.8 Å². The fourth-order valence-electron chi connectivity index (χ4n) is 5.12. The summed E-state index contributed by atoms with van der Waals surface area (Å²) >= 11 is 1.33. The maximum Gasteiger partial charge on any atom is 0.276 e. The van der Waals surface area contributed by atoms with Crippen LogP contribution < -0.4 is 10.2 Å². The molecule has 0 spiro atoms. The predicted molar refractivity (Wildman–Crippen MR) is 159 cm³/mol. The van der Waals surface area contributed by atoms with E-state index in [0.717, 1.165) is 21.7 Å². The molecule has 11 heteroatoms. The van der Waals surface area contributed by atoms with E-state index in [1.54, 1.807) is 59.1 Å². The third-order valence-electron chi connectivity index (χ3n) is 7.18. The van der Waals surface area contributed by atoms with Gasteiger partial charge in [-0.15, -0.1) is 16.4 Å². The second-order valence-corrected chi connectivity index (χ2v) is 10.9. The van der Waals surface area contributed by atoms with Gasteiger partial charge in [0, 0.05) is 23.2 Å². The van der Waals surface area contributed by atoms with Crippen molar-refractivity contribution in [2.45, 2.75) is 13.3 Å². The van der Waals surface area contributed by atoms with Crippen molar-refractivity contribution in [3.63, 3.8) is 0 Å². The fourth-order valence-corrected chi connectivity index (χ4v) is 6.26. The molecular weight excluding hydrogens is 553 g/mol. The van der Waals surface area contributed by atoms with Crippen LogP contribution in [0.4, 0.5) is 15.8 Å². The van der Waals surface area contributed by atoms with Gasteiger partial charge in [-0.25, -0.2) is 14.4 Å². The highest BCUT2D eigenvalue weighted by atomic mass is 32.1. The van der Waals surface area contributed by atoms with Crippen molar-refractivity contribution in [2.75, 3.05) is 16.8 Å². The lowest BCUT2D eigenvalue weighted by molar-refractivity contribution is 0.0981. The van der Waals surface area contributed by atoms with Gasteiger partial charge in [0.2, 0.25) is 5.65 Å². The van der Waals surface area contributed by atoms with E-state index in [1.807, 2.05) is 36.4 Å². The Morgan fingerprint density at radius 3 is 2.74 bits per heavy atom. The Labute approximate surface area is 243 Å².